The Labute approximate surface area is 201 Å². The van der Waals surface area contributed by atoms with E-state index in [0.717, 1.165) is 38.9 Å². The van der Waals surface area contributed by atoms with Crippen molar-refractivity contribution in [3.8, 4) is 11.5 Å². The lowest BCUT2D eigenvalue weighted by Gasteiger charge is -2.09. The topological polar surface area (TPSA) is 104 Å². The molecule has 1 aliphatic rings. The van der Waals surface area contributed by atoms with Crippen molar-refractivity contribution in [3.63, 3.8) is 0 Å². The fourth-order valence-electron chi connectivity index (χ4n) is 4.48. The normalized spacial score (nSPS) is 12.3. The molecule has 35 heavy (non-hydrogen) atoms. The van der Waals surface area contributed by atoms with Crippen LogP contribution < -0.4 is 20.5 Å². The van der Waals surface area contributed by atoms with E-state index in [1.165, 1.54) is 0 Å². The van der Waals surface area contributed by atoms with E-state index in [2.05, 4.69) is 19.9 Å². The fraction of sp³-hybridized carbons (Fsp3) is 0.148. The van der Waals surface area contributed by atoms with Gasteiger partial charge >= 0.3 is 0 Å². The summed E-state index contributed by atoms with van der Waals surface area (Å²) >= 11 is 0. The average molecular weight is 466 g/mol. The second-order valence-electron chi connectivity index (χ2n) is 8.41. The van der Waals surface area contributed by atoms with Crippen LogP contribution in [0.5, 0.6) is 11.5 Å². The van der Waals surface area contributed by atoms with Gasteiger partial charge in [0.2, 0.25) is 12.6 Å². The zero-order valence-electron chi connectivity index (χ0n) is 18.9. The van der Waals surface area contributed by atoms with Gasteiger partial charge in [0.25, 0.3) is 5.91 Å². The van der Waals surface area contributed by atoms with E-state index in [-0.39, 0.29) is 24.3 Å². The zero-order chi connectivity index (χ0) is 23.8. The summed E-state index contributed by atoms with van der Waals surface area (Å²) in [5.41, 5.74) is 10.1. The number of carbonyl (C=O) groups excluding carboxylic acids is 1. The maximum absolute atomic E-state index is 12.9. The highest BCUT2D eigenvalue weighted by Gasteiger charge is 2.20. The molecule has 0 spiro atoms. The second-order valence-corrected chi connectivity index (χ2v) is 8.41. The number of amides is 1. The van der Waals surface area contributed by atoms with Gasteiger partial charge in [0.05, 0.1) is 10.9 Å². The summed E-state index contributed by atoms with van der Waals surface area (Å²) in [5.74, 6) is 1.43. The molecule has 0 bridgehead atoms. The highest BCUT2D eigenvalue weighted by molar-refractivity contribution is 6.12. The van der Waals surface area contributed by atoms with Crippen molar-refractivity contribution in [3.05, 3.63) is 89.7 Å². The molecular weight excluding hydrogens is 442 g/mol. The summed E-state index contributed by atoms with van der Waals surface area (Å²) in [4.78, 5) is 21.9. The lowest BCUT2D eigenvalue weighted by atomic mass is 10.1. The number of ether oxygens (including phenoxy) is 2. The first-order chi connectivity index (χ1) is 17.2. The standard InChI is InChI=1S/C27H23N5O3/c28-24-23-19-8-4-5-9-20(19)32(15-18-10-11-21-22(14-18)35-16-34-21)26(23)31-25(30-24)27(33)29-13-12-17-6-2-1-3-7-17/h1-11,14H,12-13,15-16H2,(H,29,33)(H2,28,30,31). The van der Waals surface area contributed by atoms with Crippen LogP contribution in [0.2, 0.25) is 0 Å². The van der Waals surface area contributed by atoms with Crippen molar-refractivity contribution in [1.29, 1.82) is 0 Å². The molecule has 1 aliphatic heterocycles. The number of fused-ring (bicyclic) bond motifs is 4. The minimum absolute atomic E-state index is 0.0535. The molecule has 1 amide bonds. The van der Waals surface area contributed by atoms with Gasteiger partial charge in [0.1, 0.15) is 11.5 Å². The van der Waals surface area contributed by atoms with Crippen LogP contribution in [0.25, 0.3) is 21.9 Å². The molecule has 3 aromatic carbocycles. The Morgan fingerprint density at radius 1 is 0.943 bits per heavy atom. The molecule has 0 saturated carbocycles. The number of para-hydroxylation sites is 1. The molecule has 0 fully saturated rings. The third kappa shape index (κ3) is 3.89. The van der Waals surface area contributed by atoms with Gasteiger partial charge in [-0.3, -0.25) is 4.79 Å². The van der Waals surface area contributed by atoms with E-state index in [0.29, 0.717) is 25.2 Å². The predicted octanol–water partition coefficient (Wildman–Crippen LogP) is 3.92. The van der Waals surface area contributed by atoms with E-state index < -0.39 is 0 Å². The van der Waals surface area contributed by atoms with Gasteiger partial charge in [-0.25, -0.2) is 9.97 Å². The van der Waals surface area contributed by atoms with Crippen LogP contribution in [0.15, 0.2) is 72.8 Å². The lowest BCUT2D eigenvalue weighted by Crippen LogP contribution is -2.28. The van der Waals surface area contributed by atoms with E-state index in [9.17, 15) is 4.79 Å². The van der Waals surface area contributed by atoms with Crippen LogP contribution in [-0.4, -0.2) is 33.8 Å². The summed E-state index contributed by atoms with van der Waals surface area (Å²) in [5, 5.41) is 4.59. The van der Waals surface area contributed by atoms with Gasteiger partial charge in [-0.2, -0.15) is 0 Å². The molecule has 8 heteroatoms. The maximum atomic E-state index is 12.9. The minimum atomic E-state index is -0.352. The zero-order valence-corrected chi connectivity index (χ0v) is 18.9. The smallest absolute Gasteiger partial charge is 0.289 e. The highest BCUT2D eigenvalue weighted by Crippen LogP contribution is 2.35. The monoisotopic (exact) mass is 465 g/mol. The number of hydrogen-bond donors (Lipinski definition) is 2. The summed E-state index contributed by atoms with van der Waals surface area (Å²) in [7, 11) is 0. The molecule has 174 valence electrons. The number of nitrogen functional groups attached to an aromatic ring is 1. The van der Waals surface area contributed by atoms with E-state index in [1.54, 1.807) is 0 Å². The van der Waals surface area contributed by atoms with Crippen LogP contribution >= 0.6 is 0 Å². The number of nitrogens with zero attached hydrogens (tertiary/aromatic N) is 3. The maximum Gasteiger partial charge on any atom is 0.289 e. The van der Waals surface area contributed by atoms with Gasteiger partial charge < -0.3 is 25.1 Å². The number of aromatic nitrogens is 3. The first kappa shape index (κ1) is 21.0. The quantitative estimate of drug-likeness (QED) is 0.394. The Balaban J connectivity index is 1.35. The first-order valence-corrected chi connectivity index (χ1v) is 11.4. The average Bonchev–Trinajstić information content (AvgIpc) is 3.47. The molecule has 6 rings (SSSR count). The minimum Gasteiger partial charge on any atom is -0.454 e. The van der Waals surface area contributed by atoms with E-state index >= 15 is 0 Å². The van der Waals surface area contributed by atoms with E-state index in [1.807, 2.05) is 72.8 Å². The largest absolute Gasteiger partial charge is 0.454 e. The van der Waals surface area contributed by atoms with Gasteiger partial charge in [-0.1, -0.05) is 54.6 Å². The molecule has 8 nitrogen and oxygen atoms in total. The van der Waals surface area contributed by atoms with Crippen LogP contribution in [0.3, 0.4) is 0 Å². The van der Waals surface area contributed by atoms with Crippen molar-refractivity contribution >= 4 is 33.7 Å². The van der Waals surface area contributed by atoms with Crippen molar-refractivity contribution in [2.45, 2.75) is 13.0 Å². The van der Waals surface area contributed by atoms with Crippen molar-refractivity contribution in [2.24, 2.45) is 0 Å². The molecule has 0 aliphatic carbocycles. The van der Waals surface area contributed by atoms with Crippen LogP contribution in [0.1, 0.15) is 21.7 Å². The Bertz CT molecular complexity index is 1560. The molecule has 0 radical (unpaired) electrons. The van der Waals surface area contributed by atoms with Crippen LogP contribution in [0.4, 0.5) is 5.82 Å². The van der Waals surface area contributed by atoms with Crippen molar-refractivity contribution in [2.75, 3.05) is 19.1 Å². The summed E-state index contributed by atoms with van der Waals surface area (Å²) < 4.78 is 13.0. The van der Waals surface area contributed by atoms with Gasteiger partial charge in [0, 0.05) is 18.5 Å². The Morgan fingerprint density at radius 3 is 2.63 bits per heavy atom. The summed E-state index contributed by atoms with van der Waals surface area (Å²) in [6.45, 7) is 1.22. The van der Waals surface area contributed by atoms with Gasteiger partial charge in [-0.15, -0.1) is 0 Å². The number of carbonyl (C=O) groups is 1. The number of nitrogens with one attached hydrogen (secondary N) is 1. The molecular formula is C27H23N5O3. The number of anilines is 1. The van der Waals surface area contributed by atoms with Crippen LogP contribution in [0, 0.1) is 0 Å². The van der Waals surface area contributed by atoms with Gasteiger partial charge in [0.15, 0.2) is 11.5 Å². The highest BCUT2D eigenvalue weighted by atomic mass is 16.7. The van der Waals surface area contributed by atoms with Crippen molar-refractivity contribution in [1.82, 2.24) is 19.9 Å². The lowest BCUT2D eigenvalue weighted by molar-refractivity contribution is 0.0944. The first-order valence-electron chi connectivity index (χ1n) is 11.4. The van der Waals surface area contributed by atoms with E-state index in [4.69, 9.17) is 15.2 Å². The Morgan fingerprint density at radius 2 is 1.74 bits per heavy atom. The van der Waals surface area contributed by atoms with Gasteiger partial charge in [-0.05, 0) is 35.7 Å². The molecule has 3 N–H and O–H groups in total. The molecule has 3 heterocycles. The molecule has 0 saturated heterocycles. The second kappa shape index (κ2) is 8.64. The Hall–Kier alpha value is -4.59. The van der Waals surface area contributed by atoms with Crippen LogP contribution in [-0.2, 0) is 13.0 Å². The van der Waals surface area contributed by atoms with Crippen molar-refractivity contribution < 1.29 is 14.3 Å². The summed E-state index contributed by atoms with van der Waals surface area (Å²) in [6.07, 6.45) is 0.717. The molecule has 2 aromatic heterocycles. The Kier molecular flexibility index (Phi) is 5.18. The predicted molar refractivity (Wildman–Crippen MR) is 134 cm³/mol. The number of nitrogens with two attached hydrogens (primary N) is 1. The number of benzene rings is 3. The summed E-state index contributed by atoms with van der Waals surface area (Å²) in [6, 6.07) is 23.8. The SMILES string of the molecule is Nc1nc(C(=O)NCCc2ccccc2)nc2c1c1ccccc1n2Cc1ccc2c(c1)OCO2. The third-order valence-corrected chi connectivity index (χ3v) is 6.16. The third-order valence-electron chi connectivity index (χ3n) is 6.16. The molecule has 5 aromatic rings. The number of rotatable bonds is 6. The number of hydrogen-bond acceptors (Lipinski definition) is 6. The fourth-order valence-corrected chi connectivity index (χ4v) is 4.48. The molecule has 0 atom stereocenters. The molecule has 0 unspecified atom stereocenters.